The number of hydrogen-bond acceptors (Lipinski definition) is 9. The number of piperidine rings is 1. The molecule has 7 rings (SSSR count). The predicted octanol–water partition coefficient (Wildman–Crippen LogP) is 4.44. The lowest BCUT2D eigenvalue weighted by molar-refractivity contribution is 0.330. The molecule has 0 spiro atoms. The van der Waals surface area contributed by atoms with E-state index in [1.165, 1.54) is 12.8 Å². The van der Waals surface area contributed by atoms with Gasteiger partial charge in [0.25, 0.3) is 0 Å². The van der Waals surface area contributed by atoms with E-state index in [9.17, 15) is 8.42 Å². The lowest BCUT2D eigenvalue weighted by Crippen LogP contribution is -2.42. The number of pyridine rings is 1. The number of aromatic nitrogens is 5. The number of nitrogens with zero attached hydrogens (tertiary/aromatic N) is 6. The van der Waals surface area contributed by atoms with Gasteiger partial charge >= 0.3 is 0 Å². The van der Waals surface area contributed by atoms with Gasteiger partial charge in [-0.2, -0.15) is 14.3 Å². The predicted molar refractivity (Wildman–Crippen MR) is 164 cm³/mol. The molecule has 42 heavy (non-hydrogen) atoms. The van der Waals surface area contributed by atoms with Crippen LogP contribution in [-0.2, 0) is 10.0 Å². The summed E-state index contributed by atoms with van der Waals surface area (Å²) < 4.78 is 31.1. The summed E-state index contributed by atoms with van der Waals surface area (Å²) in [6, 6.07) is 10.1. The molecule has 3 aromatic heterocycles. The van der Waals surface area contributed by atoms with Crippen molar-refractivity contribution in [1.29, 1.82) is 0 Å². The number of fused-ring (bicyclic) bond motifs is 2. The first-order valence-corrected chi connectivity index (χ1v) is 16.8. The van der Waals surface area contributed by atoms with Gasteiger partial charge in [0, 0.05) is 48.8 Å². The molecule has 1 saturated heterocycles. The van der Waals surface area contributed by atoms with E-state index in [2.05, 4.69) is 20.2 Å². The van der Waals surface area contributed by atoms with Crippen LogP contribution in [0.3, 0.4) is 0 Å². The minimum absolute atomic E-state index is 0.0670. The molecule has 1 aliphatic heterocycles. The van der Waals surface area contributed by atoms with E-state index in [0.717, 1.165) is 55.1 Å². The zero-order valence-corrected chi connectivity index (χ0v) is 24.6. The fraction of sp³-hybridized carbons (Fsp3) is 0.533. The molecule has 222 valence electrons. The van der Waals surface area contributed by atoms with E-state index in [1.54, 1.807) is 22.6 Å². The highest BCUT2D eigenvalue weighted by Crippen LogP contribution is 2.34. The third-order valence-corrected chi connectivity index (χ3v) is 11.2. The van der Waals surface area contributed by atoms with Gasteiger partial charge in [0.15, 0.2) is 17.0 Å². The van der Waals surface area contributed by atoms with Gasteiger partial charge in [0.05, 0.1) is 11.8 Å². The van der Waals surface area contributed by atoms with Gasteiger partial charge in [-0.15, -0.1) is 0 Å². The molecule has 0 radical (unpaired) electrons. The zero-order valence-electron chi connectivity index (χ0n) is 23.8. The van der Waals surface area contributed by atoms with Gasteiger partial charge in [0.1, 0.15) is 4.90 Å². The highest BCUT2D eigenvalue weighted by Gasteiger charge is 2.32. The second-order valence-corrected chi connectivity index (χ2v) is 14.0. The number of benzene rings is 1. The van der Waals surface area contributed by atoms with E-state index in [0.29, 0.717) is 55.3 Å². The lowest BCUT2D eigenvalue weighted by Gasteiger charge is -2.32. The molecular formula is C30H39N9O2S. The summed E-state index contributed by atoms with van der Waals surface area (Å²) in [6.45, 7) is 0.836. The maximum Gasteiger partial charge on any atom is 0.245 e. The molecule has 3 fully saturated rings. The maximum atomic E-state index is 13.6. The Bertz CT molecular complexity index is 1660. The molecule has 2 aliphatic carbocycles. The minimum Gasteiger partial charge on any atom is -0.365 e. The van der Waals surface area contributed by atoms with Crippen LogP contribution in [0.2, 0.25) is 0 Å². The Morgan fingerprint density at radius 2 is 1.55 bits per heavy atom. The number of nitrogens with two attached hydrogens (primary N) is 1. The standard InChI is InChI=1S/C30H39N9O2S/c31-21-10-12-22(13-11-21)35-30-36-28(27-29(37-30)39(19-33-27)24-7-1-2-8-24)34-23-14-17-38(18-15-23)42(40,41)25-9-3-5-20-6-4-16-32-26(20)25/h3-6,9,16,19,21-24H,1-2,7-8,10-15,17-18,31H2,(H2,34,35,36,37). The third kappa shape index (κ3) is 5.31. The third-order valence-electron chi connectivity index (χ3n) is 9.25. The van der Waals surface area contributed by atoms with Crippen LogP contribution in [0, 0.1) is 0 Å². The van der Waals surface area contributed by atoms with Crippen LogP contribution in [0.15, 0.2) is 47.8 Å². The molecule has 2 saturated carbocycles. The number of imidazole rings is 1. The maximum absolute atomic E-state index is 13.6. The van der Waals surface area contributed by atoms with Gasteiger partial charge in [-0.1, -0.05) is 31.0 Å². The molecule has 0 bridgehead atoms. The summed E-state index contributed by atoms with van der Waals surface area (Å²) in [5.74, 6) is 1.33. The summed E-state index contributed by atoms with van der Waals surface area (Å²) in [4.78, 5) is 19.3. The second kappa shape index (κ2) is 11.4. The first-order chi connectivity index (χ1) is 20.5. The fourth-order valence-corrected chi connectivity index (χ4v) is 8.47. The SMILES string of the molecule is NC1CCC(Nc2nc(NC3CCN(S(=O)(=O)c4cccc5cccnc45)CC3)c3ncn(C4CCCC4)c3n2)CC1. The Morgan fingerprint density at radius 3 is 2.33 bits per heavy atom. The molecule has 0 amide bonds. The number of anilines is 2. The molecule has 11 nitrogen and oxygen atoms in total. The average Bonchev–Trinajstić information content (AvgIpc) is 3.69. The van der Waals surface area contributed by atoms with Gasteiger partial charge in [0.2, 0.25) is 16.0 Å². The number of rotatable bonds is 7. The number of sulfonamides is 1. The van der Waals surface area contributed by atoms with Gasteiger partial charge in [-0.3, -0.25) is 4.98 Å². The van der Waals surface area contributed by atoms with E-state index < -0.39 is 10.0 Å². The Hall–Kier alpha value is -3.35. The zero-order chi connectivity index (χ0) is 28.7. The van der Waals surface area contributed by atoms with Crippen molar-refractivity contribution in [2.45, 2.75) is 93.3 Å². The van der Waals surface area contributed by atoms with Crippen molar-refractivity contribution in [3.8, 4) is 0 Å². The molecule has 3 aliphatic rings. The lowest BCUT2D eigenvalue weighted by atomic mass is 9.92. The Morgan fingerprint density at radius 1 is 0.810 bits per heavy atom. The molecule has 0 unspecified atom stereocenters. The van der Waals surface area contributed by atoms with Crippen molar-refractivity contribution < 1.29 is 8.42 Å². The van der Waals surface area contributed by atoms with Crippen LogP contribution in [0.25, 0.3) is 22.1 Å². The highest BCUT2D eigenvalue weighted by molar-refractivity contribution is 7.89. The second-order valence-electron chi connectivity index (χ2n) is 12.1. The number of nitrogens with one attached hydrogen (secondary N) is 2. The van der Waals surface area contributed by atoms with Crippen LogP contribution in [-0.4, -0.2) is 68.4 Å². The summed E-state index contributed by atoms with van der Waals surface area (Å²) in [5.41, 5.74) is 8.29. The van der Waals surface area contributed by atoms with E-state index in [-0.39, 0.29) is 17.0 Å². The molecule has 1 aromatic carbocycles. The van der Waals surface area contributed by atoms with E-state index in [4.69, 9.17) is 20.7 Å². The Balaban J connectivity index is 1.11. The van der Waals surface area contributed by atoms with E-state index >= 15 is 0 Å². The topological polar surface area (TPSA) is 144 Å². The van der Waals surface area contributed by atoms with Crippen molar-refractivity contribution >= 4 is 43.9 Å². The Labute approximate surface area is 246 Å². The van der Waals surface area contributed by atoms with Crippen molar-refractivity contribution in [2.24, 2.45) is 5.73 Å². The quantitative estimate of drug-likeness (QED) is 0.285. The van der Waals surface area contributed by atoms with Crippen molar-refractivity contribution in [3.05, 3.63) is 42.9 Å². The van der Waals surface area contributed by atoms with Crippen LogP contribution in [0.5, 0.6) is 0 Å². The first kappa shape index (κ1) is 27.5. The summed E-state index contributed by atoms with van der Waals surface area (Å²) in [5, 5.41) is 8.04. The molecule has 4 aromatic rings. The molecule has 4 N–H and O–H groups in total. The van der Waals surface area contributed by atoms with Gasteiger partial charge in [-0.25, -0.2) is 13.4 Å². The van der Waals surface area contributed by atoms with Crippen molar-refractivity contribution in [2.75, 3.05) is 23.7 Å². The highest BCUT2D eigenvalue weighted by atomic mass is 32.2. The van der Waals surface area contributed by atoms with Gasteiger partial charge in [-0.05, 0) is 63.5 Å². The Kier molecular flexibility index (Phi) is 7.45. The first-order valence-electron chi connectivity index (χ1n) is 15.3. The van der Waals surface area contributed by atoms with Gasteiger partial charge < -0.3 is 20.9 Å². The average molecular weight is 590 g/mol. The number of hydrogen-bond donors (Lipinski definition) is 3. The van der Waals surface area contributed by atoms with Crippen LogP contribution < -0.4 is 16.4 Å². The molecule has 12 heteroatoms. The van der Waals surface area contributed by atoms with E-state index in [1.807, 2.05) is 24.5 Å². The van der Waals surface area contributed by atoms with Crippen molar-refractivity contribution in [3.63, 3.8) is 0 Å². The smallest absolute Gasteiger partial charge is 0.245 e. The monoisotopic (exact) mass is 589 g/mol. The summed E-state index contributed by atoms with van der Waals surface area (Å²) in [7, 11) is -3.67. The fourth-order valence-electron chi connectivity index (χ4n) is 6.83. The largest absolute Gasteiger partial charge is 0.365 e. The minimum atomic E-state index is -3.67. The molecule has 0 atom stereocenters. The van der Waals surface area contributed by atoms with Crippen molar-refractivity contribution in [1.82, 2.24) is 28.8 Å². The van der Waals surface area contributed by atoms with Crippen LogP contribution in [0.1, 0.15) is 70.3 Å². The summed E-state index contributed by atoms with van der Waals surface area (Å²) >= 11 is 0. The van der Waals surface area contributed by atoms with Crippen LogP contribution in [0.4, 0.5) is 11.8 Å². The van der Waals surface area contributed by atoms with Crippen LogP contribution >= 0.6 is 0 Å². The molecular weight excluding hydrogens is 550 g/mol. The molecule has 4 heterocycles. The number of para-hydroxylation sites is 1. The summed E-state index contributed by atoms with van der Waals surface area (Å²) in [6.07, 6.45) is 13.6. The normalized spacial score (nSPS) is 23.1.